The van der Waals surface area contributed by atoms with E-state index in [0.29, 0.717) is 0 Å². The lowest BCUT2D eigenvalue weighted by molar-refractivity contribution is 0.220. The molecule has 30 heavy (non-hydrogen) atoms. The number of nitrogens with zero attached hydrogens (tertiary/aromatic N) is 4. The minimum absolute atomic E-state index is 0.143. The van der Waals surface area contributed by atoms with E-state index in [-0.39, 0.29) is 6.03 Å². The zero-order chi connectivity index (χ0) is 20.9. The summed E-state index contributed by atoms with van der Waals surface area (Å²) < 4.78 is 5.25. The molecule has 0 atom stereocenters. The molecule has 160 valence electrons. The molecule has 2 saturated heterocycles. The second-order valence-corrected chi connectivity index (χ2v) is 7.96. The van der Waals surface area contributed by atoms with Crippen molar-refractivity contribution < 1.29 is 9.53 Å². The number of ether oxygens (including phenoxy) is 1. The van der Waals surface area contributed by atoms with Gasteiger partial charge < -0.3 is 19.4 Å². The number of methoxy groups -OCH3 is 1. The van der Waals surface area contributed by atoms with E-state index in [1.54, 1.807) is 7.11 Å². The summed E-state index contributed by atoms with van der Waals surface area (Å²) in [6, 6.07) is 16.9. The van der Waals surface area contributed by atoms with Crippen molar-refractivity contribution in [2.75, 3.05) is 67.6 Å². The molecule has 0 spiro atoms. The molecular weight excluding hydrogens is 376 g/mol. The van der Waals surface area contributed by atoms with E-state index in [0.717, 1.165) is 70.1 Å². The van der Waals surface area contributed by atoms with Crippen molar-refractivity contribution in [2.45, 2.75) is 19.8 Å². The van der Waals surface area contributed by atoms with Gasteiger partial charge in [-0.15, -0.1) is 0 Å². The number of rotatable bonds is 7. The summed E-state index contributed by atoms with van der Waals surface area (Å²) in [7, 11) is 1.70. The Kier molecular flexibility index (Phi) is 6.31. The Morgan fingerprint density at radius 2 is 1.30 bits per heavy atom. The average Bonchev–Trinajstić information content (AvgIpc) is 3.18. The van der Waals surface area contributed by atoms with Gasteiger partial charge in [0.1, 0.15) is 5.75 Å². The number of amides is 2. The number of piperazine rings is 1. The molecule has 0 saturated carbocycles. The number of hydrogen-bond donors (Lipinski definition) is 0. The summed E-state index contributed by atoms with van der Waals surface area (Å²) in [6.07, 6.45) is 2.19. The third-order valence-electron chi connectivity index (χ3n) is 6.12. The number of benzene rings is 2. The van der Waals surface area contributed by atoms with E-state index in [2.05, 4.69) is 53.1 Å². The highest BCUT2D eigenvalue weighted by Gasteiger charge is 2.29. The first kappa shape index (κ1) is 20.4. The number of hydrogen-bond acceptors (Lipinski definition) is 4. The lowest BCUT2D eigenvalue weighted by Gasteiger charge is -2.37. The van der Waals surface area contributed by atoms with Crippen LogP contribution in [0.4, 0.5) is 21.9 Å². The van der Waals surface area contributed by atoms with E-state index in [1.165, 1.54) is 11.4 Å². The molecule has 2 aromatic carbocycles. The Morgan fingerprint density at radius 3 is 1.83 bits per heavy atom. The molecule has 0 aliphatic carbocycles. The number of carbonyl (C=O) groups excluding carboxylic acids is 1. The van der Waals surface area contributed by atoms with E-state index < -0.39 is 0 Å². The minimum atomic E-state index is 0.143. The Hall–Kier alpha value is -2.89. The van der Waals surface area contributed by atoms with Crippen molar-refractivity contribution in [3.63, 3.8) is 0 Å². The number of urea groups is 1. The second-order valence-electron chi connectivity index (χ2n) is 7.96. The van der Waals surface area contributed by atoms with Crippen molar-refractivity contribution in [1.29, 1.82) is 0 Å². The van der Waals surface area contributed by atoms with Crippen LogP contribution in [0, 0.1) is 0 Å². The van der Waals surface area contributed by atoms with Crippen LogP contribution in [0.1, 0.15) is 19.8 Å². The van der Waals surface area contributed by atoms with Crippen LogP contribution in [-0.4, -0.2) is 63.9 Å². The topological polar surface area (TPSA) is 39.3 Å². The molecular formula is C24H32N4O2. The van der Waals surface area contributed by atoms with Gasteiger partial charge in [0.15, 0.2) is 0 Å². The second kappa shape index (κ2) is 9.28. The van der Waals surface area contributed by atoms with E-state index in [9.17, 15) is 4.79 Å². The summed E-state index contributed by atoms with van der Waals surface area (Å²) in [4.78, 5) is 21.3. The van der Waals surface area contributed by atoms with Gasteiger partial charge in [0.2, 0.25) is 0 Å². The van der Waals surface area contributed by atoms with Crippen molar-refractivity contribution >= 4 is 23.1 Å². The van der Waals surface area contributed by atoms with Crippen LogP contribution in [0.3, 0.4) is 0 Å². The van der Waals surface area contributed by atoms with Gasteiger partial charge in [0, 0.05) is 62.9 Å². The highest BCUT2D eigenvalue weighted by molar-refractivity contribution is 5.94. The molecule has 0 N–H and O–H groups in total. The van der Waals surface area contributed by atoms with Gasteiger partial charge in [0.25, 0.3) is 0 Å². The smallest absolute Gasteiger partial charge is 0.324 e. The first-order chi connectivity index (χ1) is 14.7. The van der Waals surface area contributed by atoms with Crippen molar-refractivity contribution in [1.82, 2.24) is 4.90 Å². The van der Waals surface area contributed by atoms with Crippen LogP contribution in [-0.2, 0) is 0 Å². The third kappa shape index (κ3) is 4.32. The highest BCUT2D eigenvalue weighted by Crippen LogP contribution is 2.26. The number of anilines is 3. The van der Waals surface area contributed by atoms with Crippen LogP contribution >= 0.6 is 0 Å². The molecule has 2 heterocycles. The van der Waals surface area contributed by atoms with Gasteiger partial charge in [-0.25, -0.2) is 4.79 Å². The third-order valence-corrected chi connectivity index (χ3v) is 6.12. The van der Waals surface area contributed by atoms with Crippen LogP contribution in [0.15, 0.2) is 48.5 Å². The maximum atomic E-state index is 12.6. The predicted octanol–water partition coefficient (Wildman–Crippen LogP) is 4.06. The normalized spacial score (nSPS) is 17.1. The van der Waals surface area contributed by atoms with Crippen molar-refractivity contribution in [2.24, 2.45) is 0 Å². The molecule has 6 heteroatoms. The summed E-state index contributed by atoms with van der Waals surface area (Å²) >= 11 is 0. The molecule has 0 unspecified atom stereocenters. The lowest BCUT2D eigenvalue weighted by Crippen LogP contribution is -2.46. The Balaban J connectivity index is 1.33. The molecule has 4 rings (SSSR count). The quantitative estimate of drug-likeness (QED) is 0.693. The molecule has 0 radical (unpaired) electrons. The summed E-state index contributed by atoms with van der Waals surface area (Å²) in [5.74, 6) is 0.891. The molecule has 6 nitrogen and oxygen atoms in total. The summed E-state index contributed by atoms with van der Waals surface area (Å²) in [6.45, 7) is 8.58. The van der Waals surface area contributed by atoms with Crippen LogP contribution < -0.4 is 19.4 Å². The molecule has 0 bridgehead atoms. The molecule has 2 aliphatic rings. The molecule has 2 aliphatic heterocycles. The average molecular weight is 409 g/mol. The summed E-state index contributed by atoms with van der Waals surface area (Å²) in [5.41, 5.74) is 3.47. The minimum Gasteiger partial charge on any atom is -0.497 e. The van der Waals surface area contributed by atoms with Crippen LogP contribution in [0.25, 0.3) is 0 Å². The van der Waals surface area contributed by atoms with Gasteiger partial charge in [-0.2, -0.15) is 0 Å². The molecule has 2 aromatic rings. The largest absolute Gasteiger partial charge is 0.497 e. The van der Waals surface area contributed by atoms with Crippen LogP contribution in [0.5, 0.6) is 5.75 Å². The maximum absolute atomic E-state index is 12.6. The Bertz CT molecular complexity index is 829. The predicted molar refractivity (Wildman–Crippen MR) is 123 cm³/mol. The van der Waals surface area contributed by atoms with Gasteiger partial charge in [-0.3, -0.25) is 4.90 Å². The Labute approximate surface area is 179 Å². The van der Waals surface area contributed by atoms with E-state index in [1.807, 2.05) is 21.9 Å². The summed E-state index contributed by atoms with van der Waals surface area (Å²) in [5, 5.41) is 0. The lowest BCUT2D eigenvalue weighted by atomic mass is 10.2. The zero-order valence-corrected chi connectivity index (χ0v) is 18.1. The maximum Gasteiger partial charge on any atom is 0.324 e. The van der Waals surface area contributed by atoms with Gasteiger partial charge in [0.05, 0.1) is 7.11 Å². The van der Waals surface area contributed by atoms with Gasteiger partial charge >= 0.3 is 6.03 Å². The van der Waals surface area contributed by atoms with E-state index in [4.69, 9.17) is 4.74 Å². The SMILES string of the molecule is CCCCN1CCN(c2ccc(N3CCN(c4ccc(OC)cc4)CC3)cc2)C1=O. The zero-order valence-electron chi connectivity index (χ0n) is 18.1. The standard InChI is InChI=1S/C24H32N4O2/c1-3-4-13-27-18-19-28(24(27)29)22-7-5-20(6-8-22)25-14-16-26(17-15-25)21-9-11-23(30-2)12-10-21/h5-12H,3-4,13-19H2,1-2H3. The fourth-order valence-electron chi connectivity index (χ4n) is 4.24. The van der Waals surface area contributed by atoms with Gasteiger partial charge in [-0.05, 0) is 55.0 Å². The fourth-order valence-corrected chi connectivity index (χ4v) is 4.24. The van der Waals surface area contributed by atoms with E-state index >= 15 is 0 Å². The fraction of sp³-hybridized carbons (Fsp3) is 0.458. The van der Waals surface area contributed by atoms with Gasteiger partial charge in [-0.1, -0.05) is 13.3 Å². The number of carbonyl (C=O) groups is 1. The van der Waals surface area contributed by atoms with Crippen molar-refractivity contribution in [3.05, 3.63) is 48.5 Å². The molecule has 2 fully saturated rings. The van der Waals surface area contributed by atoms with Crippen molar-refractivity contribution in [3.8, 4) is 5.75 Å². The molecule has 0 aromatic heterocycles. The first-order valence-electron chi connectivity index (χ1n) is 11.0. The monoisotopic (exact) mass is 408 g/mol. The highest BCUT2D eigenvalue weighted by atomic mass is 16.5. The molecule has 2 amide bonds. The first-order valence-corrected chi connectivity index (χ1v) is 11.0. The Morgan fingerprint density at radius 1 is 0.767 bits per heavy atom. The number of unbranched alkanes of at least 4 members (excludes halogenated alkanes) is 1. The van der Waals surface area contributed by atoms with Crippen LogP contribution in [0.2, 0.25) is 0 Å².